The van der Waals surface area contributed by atoms with Crippen LogP contribution in [-0.4, -0.2) is 50.3 Å². The Morgan fingerprint density at radius 3 is 2.68 bits per heavy atom. The molecule has 2 rings (SSSR count). The van der Waals surface area contributed by atoms with Gasteiger partial charge in [-0.25, -0.2) is 4.79 Å². The number of nitrogens with zero attached hydrogens (tertiary/aromatic N) is 2. The second-order valence-electron chi connectivity index (χ2n) is 4.42. The highest BCUT2D eigenvalue weighted by Gasteiger charge is 2.40. The molecule has 2 saturated heterocycles. The molecular formula is C10H12Cl2N4O5S. The van der Waals surface area contributed by atoms with E-state index in [4.69, 9.17) is 23.2 Å². The molecule has 1 atom stereocenters. The summed E-state index contributed by atoms with van der Waals surface area (Å²) in [6, 6.07) is -1.66. The van der Waals surface area contributed by atoms with Crippen molar-refractivity contribution < 1.29 is 22.7 Å². The maximum atomic E-state index is 12.3. The van der Waals surface area contributed by atoms with Gasteiger partial charge in [-0.3, -0.25) is 10.1 Å². The lowest BCUT2D eigenvalue weighted by Gasteiger charge is -2.19. The molecule has 0 bridgehead atoms. The lowest BCUT2D eigenvalue weighted by Crippen LogP contribution is -2.40. The number of amidine groups is 1. The molecule has 0 aliphatic carbocycles. The first-order valence-electron chi connectivity index (χ1n) is 6.09. The highest BCUT2D eigenvalue weighted by atomic mass is 35.5. The maximum Gasteiger partial charge on any atom is 0.325 e. The van der Waals surface area contributed by atoms with Gasteiger partial charge in [-0.05, 0) is 12.8 Å². The second-order valence-corrected chi connectivity index (χ2v) is 6.92. The van der Waals surface area contributed by atoms with Crippen molar-refractivity contribution in [1.82, 2.24) is 14.9 Å². The molecule has 2 N–H and O–H groups in total. The van der Waals surface area contributed by atoms with Crippen molar-refractivity contribution in [2.75, 3.05) is 13.7 Å². The Hall–Kier alpha value is -1.36. The van der Waals surface area contributed by atoms with Crippen molar-refractivity contribution in [1.29, 1.82) is 0 Å². The van der Waals surface area contributed by atoms with Crippen molar-refractivity contribution in [3.8, 4) is 0 Å². The molecule has 0 aromatic rings. The van der Waals surface area contributed by atoms with Gasteiger partial charge < -0.3 is 10.1 Å². The van der Waals surface area contributed by atoms with Gasteiger partial charge in [-0.2, -0.15) is 12.7 Å². The van der Waals surface area contributed by atoms with E-state index >= 15 is 0 Å². The molecule has 0 radical (unpaired) electrons. The smallest absolute Gasteiger partial charge is 0.325 e. The molecule has 2 amide bonds. The summed E-state index contributed by atoms with van der Waals surface area (Å²) in [4.78, 5) is 22.9. The van der Waals surface area contributed by atoms with Crippen LogP contribution in [0.5, 0.6) is 0 Å². The fourth-order valence-electron chi connectivity index (χ4n) is 2.13. The molecule has 0 aromatic heterocycles. The minimum atomic E-state index is -4.22. The number of hydrogen-bond donors (Lipinski definition) is 2. The average molecular weight is 371 g/mol. The van der Waals surface area contributed by atoms with E-state index in [1.165, 1.54) is 7.11 Å². The van der Waals surface area contributed by atoms with Gasteiger partial charge >= 0.3 is 22.2 Å². The molecule has 122 valence electrons. The highest BCUT2D eigenvalue weighted by molar-refractivity contribution is 7.88. The number of ether oxygens (including phenoxy) is 1. The Morgan fingerprint density at radius 1 is 1.41 bits per heavy atom. The van der Waals surface area contributed by atoms with Gasteiger partial charge in [-0.1, -0.05) is 23.2 Å². The van der Waals surface area contributed by atoms with Crippen LogP contribution in [0.2, 0.25) is 0 Å². The molecule has 2 heterocycles. The standard InChI is InChI=1S/C10H12Cl2N4O5S/c1-21-9(17)5-3-2-4-16(5)22(19,20)15-8-6(7(11)12)13-10(18)14-8/h5H,2-4H2,1H3,(H2,13,14,15,18). The van der Waals surface area contributed by atoms with Crippen LogP contribution in [0.15, 0.2) is 14.6 Å². The van der Waals surface area contributed by atoms with Crippen LogP contribution in [0.1, 0.15) is 12.8 Å². The largest absolute Gasteiger partial charge is 0.468 e. The highest BCUT2D eigenvalue weighted by Crippen LogP contribution is 2.24. The number of carbonyl (C=O) groups excluding carboxylic acids is 2. The number of esters is 1. The third-order valence-electron chi connectivity index (χ3n) is 3.08. The minimum absolute atomic E-state index is 0.119. The third-order valence-corrected chi connectivity index (χ3v) is 4.90. The number of halogens is 2. The summed E-state index contributed by atoms with van der Waals surface area (Å²) in [6.45, 7) is 0.119. The normalized spacial score (nSPS) is 24.3. The van der Waals surface area contributed by atoms with Gasteiger partial charge in [0.25, 0.3) is 0 Å². The molecule has 2 aliphatic heterocycles. The summed E-state index contributed by atoms with van der Waals surface area (Å²) in [6.07, 6.45) is 0.827. The van der Waals surface area contributed by atoms with Crippen molar-refractivity contribution in [3.05, 3.63) is 10.2 Å². The lowest BCUT2D eigenvalue weighted by atomic mass is 10.2. The van der Waals surface area contributed by atoms with Crippen LogP contribution in [0, 0.1) is 0 Å². The number of amides is 2. The van der Waals surface area contributed by atoms with Gasteiger partial charge in [-0.15, -0.1) is 4.40 Å². The van der Waals surface area contributed by atoms with Crippen LogP contribution < -0.4 is 10.6 Å². The van der Waals surface area contributed by atoms with E-state index in [9.17, 15) is 18.0 Å². The van der Waals surface area contributed by atoms with Crippen LogP contribution in [0.25, 0.3) is 0 Å². The second kappa shape index (κ2) is 6.41. The Kier molecular flexibility index (Phi) is 4.95. The summed E-state index contributed by atoms with van der Waals surface area (Å²) in [5.74, 6) is -0.999. The molecule has 22 heavy (non-hydrogen) atoms. The van der Waals surface area contributed by atoms with Crippen molar-refractivity contribution in [2.24, 2.45) is 4.40 Å². The first kappa shape index (κ1) is 17.0. The molecule has 2 fully saturated rings. The molecular weight excluding hydrogens is 359 g/mol. The SMILES string of the molecule is COC(=O)C1CCCN1S(=O)(=O)/N=C1\NC(=O)NC1=C(Cl)Cl. The number of nitrogens with one attached hydrogen (secondary N) is 2. The zero-order valence-electron chi connectivity index (χ0n) is 11.3. The monoisotopic (exact) mass is 370 g/mol. The molecule has 0 spiro atoms. The average Bonchev–Trinajstić information content (AvgIpc) is 3.04. The van der Waals surface area contributed by atoms with Crippen LogP contribution in [0.4, 0.5) is 4.79 Å². The first-order valence-corrected chi connectivity index (χ1v) is 8.24. The summed E-state index contributed by atoms with van der Waals surface area (Å²) >= 11 is 11.1. The number of rotatable bonds is 3. The zero-order valence-corrected chi connectivity index (χ0v) is 13.6. The molecule has 9 nitrogen and oxygen atoms in total. The van der Waals surface area contributed by atoms with Gasteiger partial charge in [0.2, 0.25) is 0 Å². The van der Waals surface area contributed by atoms with Crippen molar-refractivity contribution in [3.63, 3.8) is 0 Å². The minimum Gasteiger partial charge on any atom is -0.468 e. The molecule has 0 saturated carbocycles. The van der Waals surface area contributed by atoms with Gasteiger partial charge in [0.05, 0.1) is 7.11 Å². The molecule has 2 aliphatic rings. The predicted octanol–water partition coefficient (Wildman–Crippen LogP) is 0.227. The van der Waals surface area contributed by atoms with E-state index in [0.717, 1.165) is 4.31 Å². The topological polar surface area (TPSA) is 117 Å². The Labute approximate surface area is 136 Å². The van der Waals surface area contributed by atoms with E-state index in [-0.39, 0.29) is 22.6 Å². The molecule has 0 aromatic carbocycles. The van der Waals surface area contributed by atoms with E-state index in [0.29, 0.717) is 12.8 Å². The van der Waals surface area contributed by atoms with E-state index in [2.05, 4.69) is 19.8 Å². The summed E-state index contributed by atoms with van der Waals surface area (Å²) in [5.41, 5.74) is -0.147. The fraction of sp³-hybridized carbons (Fsp3) is 0.500. The van der Waals surface area contributed by atoms with Gasteiger partial charge in [0.15, 0.2) is 5.84 Å². The lowest BCUT2D eigenvalue weighted by molar-refractivity contribution is -0.144. The first-order chi connectivity index (χ1) is 10.3. The maximum absolute atomic E-state index is 12.3. The quantitative estimate of drug-likeness (QED) is 0.689. The van der Waals surface area contributed by atoms with E-state index < -0.39 is 28.3 Å². The Bertz CT molecular complexity index is 671. The van der Waals surface area contributed by atoms with E-state index in [1.54, 1.807) is 0 Å². The van der Waals surface area contributed by atoms with E-state index in [1.807, 2.05) is 0 Å². The van der Waals surface area contributed by atoms with Crippen LogP contribution in [-0.2, 0) is 19.7 Å². The number of urea groups is 1. The number of carbonyl (C=O) groups is 2. The summed E-state index contributed by atoms with van der Waals surface area (Å²) in [5, 5.41) is 4.40. The zero-order chi connectivity index (χ0) is 16.5. The summed E-state index contributed by atoms with van der Waals surface area (Å²) in [7, 11) is -3.05. The Balaban J connectivity index is 2.35. The third kappa shape index (κ3) is 3.35. The number of methoxy groups -OCH3 is 1. The van der Waals surface area contributed by atoms with Crippen molar-refractivity contribution >= 4 is 51.2 Å². The number of hydrogen-bond acceptors (Lipinski definition) is 5. The summed E-state index contributed by atoms with van der Waals surface area (Å²) < 4.78 is 33.3. The molecule has 12 heteroatoms. The van der Waals surface area contributed by atoms with Crippen molar-refractivity contribution in [2.45, 2.75) is 18.9 Å². The van der Waals surface area contributed by atoms with Gasteiger partial charge in [0.1, 0.15) is 16.2 Å². The van der Waals surface area contributed by atoms with Gasteiger partial charge in [0, 0.05) is 6.54 Å². The predicted molar refractivity (Wildman–Crippen MR) is 78.5 cm³/mol. The van der Waals surface area contributed by atoms with Crippen LogP contribution in [0.3, 0.4) is 0 Å². The fourth-order valence-corrected chi connectivity index (χ4v) is 3.75. The van der Waals surface area contributed by atoms with Crippen LogP contribution >= 0.6 is 23.2 Å². The molecule has 1 unspecified atom stereocenters. The Morgan fingerprint density at radius 2 is 2.09 bits per heavy atom.